The number of hydrogen-bond donors (Lipinski definition) is 1. The Hall–Kier alpha value is -1.59. The molecular weight excluding hydrogens is 258 g/mol. The Morgan fingerprint density at radius 1 is 1.40 bits per heavy atom. The number of alkyl carbamates (subject to hydrolysis) is 1. The maximum absolute atomic E-state index is 11.9. The van der Waals surface area contributed by atoms with Gasteiger partial charge in [0.05, 0.1) is 0 Å². The van der Waals surface area contributed by atoms with E-state index in [0.717, 1.165) is 18.7 Å². The summed E-state index contributed by atoms with van der Waals surface area (Å²) in [4.78, 5) is 16.3. The number of aromatic nitrogens is 2. The zero-order valence-electron chi connectivity index (χ0n) is 12.8. The summed E-state index contributed by atoms with van der Waals surface area (Å²) in [5, 5.41) is 6.79. The first-order valence-corrected chi connectivity index (χ1v) is 7.09. The van der Waals surface area contributed by atoms with Gasteiger partial charge in [0.25, 0.3) is 0 Å². The summed E-state index contributed by atoms with van der Waals surface area (Å²) in [6, 6.07) is -0.329. The number of hydrogen-bond acceptors (Lipinski definition) is 5. The molecule has 0 spiro atoms. The van der Waals surface area contributed by atoms with Gasteiger partial charge in [-0.2, -0.15) is 4.98 Å². The van der Waals surface area contributed by atoms with Crippen LogP contribution in [0.15, 0.2) is 4.52 Å². The second-order valence-electron chi connectivity index (χ2n) is 6.63. The second kappa shape index (κ2) is 5.42. The molecule has 0 aromatic carbocycles. The Morgan fingerprint density at radius 2 is 2.05 bits per heavy atom. The number of amides is 1. The van der Waals surface area contributed by atoms with Gasteiger partial charge in [0.2, 0.25) is 5.89 Å². The van der Waals surface area contributed by atoms with Crippen molar-refractivity contribution in [2.75, 3.05) is 0 Å². The van der Waals surface area contributed by atoms with Gasteiger partial charge in [-0.15, -0.1) is 0 Å². The molecule has 1 fully saturated rings. The molecular formula is C14H23N3O3. The standard InChI is InChI=1S/C14H23N3O3/c1-8(2)10(15-13(18)19-14(3,4)5)12-16-11(17-20-12)9-6-7-9/h8-10H,6-7H2,1-5H3,(H,15,18). The van der Waals surface area contributed by atoms with Crippen molar-refractivity contribution in [1.82, 2.24) is 15.5 Å². The summed E-state index contributed by atoms with van der Waals surface area (Å²) >= 11 is 0. The molecule has 0 bridgehead atoms. The van der Waals surface area contributed by atoms with E-state index in [0.29, 0.717) is 11.8 Å². The molecule has 6 nitrogen and oxygen atoms in total. The maximum atomic E-state index is 11.9. The minimum absolute atomic E-state index is 0.134. The van der Waals surface area contributed by atoms with E-state index in [9.17, 15) is 4.79 Å². The van der Waals surface area contributed by atoms with Crippen LogP contribution in [0.25, 0.3) is 0 Å². The molecule has 20 heavy (non-hydrogen) atoms. The highest BCUT2D eigenvalue weighted by Gasteiger charge is 2.32. The Balaban J connectivity index is 2.04. The van der Waals surface area contributed by atoms with Crippen LogP contribution in [-0.4, -0.2) is 21.8 Å². The fraction of sp³-hybridized carbons (Fsp3) is 0.786. The van der Waals surface area contributed by atoms with Crippen LogP contribution in [0, 0.1) is 5.92 Å². The third kappa shape index (κ3) is 3.95. The van der Waals surface area contributed by atoms with E-state index in [-0.39, 0.29) is 12.0 Å². The molecule has 2 rings (SSSR count). The van der Waals surface area contributed by atoms with E-state index in [1.165, 1.54) is 0 Å². The molecule has 1 aromatic rings. The molecule has 1 aromatic heterocycles. The van der Waals surface area contributed by atoms with Crippen LogP contribution in [0.5, 0.6) is 0 Å². The minimum atomic E-state index is -0.528. The SMILES string of the molecule is CC(C)C(NC(=O)OC(C)(C)C)c1nc(C2CC2)no1. The average molecular weight is 281 g/mol. The molecule has 0 aliphatic heterocycles. The molecule has 1 N–H and O–H groups in total. The van der Waals surface area contributed by atoms with Crippen LogP contribution in [0.2, 0.25) is 0 Å². The fourth-order valence-electron chi connectivity index (χ4n) is 1.83. The van der Waals surface area contributed by atoms with E-state index in [2.05, 4.69) is 15.5 Å². The van der Waals surface area contributed by atoms with Crippen molar-refractivity contribution >= 4 is 6.09 Å². The summed E-state index contributed by atoms with van der Waals surface area (Å²) < 4.78 is 10.6. The monoisotopic (exact) mass is 281 g/mol. The summed E-state index contributed by atoms with van der Waals surface area (Å²) in [5.41, 5.74) is -0.528. The largest absolute Gasteiger partial charge is 0.444 e. The quantitative estimate of drug-likeness (QED) is 0.917. The lowest BCUT2D eigenvalue weighted by Gasteiger charge is -2.23. The van der Waals surface area contributed by atoms with Crippen molar-refractivity contribution in [3.05, 3.63) is 11.7 Å². The lowest BCUT2D eigenvalue weighted by atomic mass is 10.0. The molecule has 1 saturated carbocycles. The number of nitrogens with one attached hydrogen (secondary N) is 1. The minimum Gasteiger partial charge on any atom is -0.444 e. The van der Waals surface area contributed by atoms with Crippen LogP contribution in [-0.2, 0) is 4.74 Å². The average Bonchev–Trinajstić information content (AvgIpc) is 3.02. The maximum Gasteiger partial charge on any atom is 0.408 e. The Kier molecular flexibility index (Phi) is 4.01. The van der Waals surface area contributed by atoms with E-state index < -0.39 is 11.7 Å². The van der Waals surface area contributed by atoms with Crippen molar-refractivity contribution in [2.24, 2.45) is 5.92 Å². The molecule has 0 radical (unpaired) electrons. The second-order valence-corrected chi connectivity index (χ2v) is 6.63. The summed E-state index contributed by atoms with van der Waals surface area (Å²) in [6.07, 6.45) is 1.76. The topological polar surface area (TPSA) is 77.2 Å². The van der Waals surface area contributed by atoms with Crippen molar-refractivity contribution in [1.29, 1.82) is 0 Å². The molecule has 1 heterocycles. The number of carbonyl (C=O) groups is 1. The number of rotatable bonds is 4. The van der Waals surface area contributed by atoms with Gasteiger partial charge in [-0.3, -0.25) is 0 Å². The Morgan fingerprint density at radius 3 is 2.55 bits per heavy atom. The zero-order valence-corrected chi connectivity index (χ0v) is 12.8. The van der Waals surface area contributed by atoms with Crippen LogP contribution < -0.4 is 5.32 Å². The van der Waals surface area contributed by atoms with Crippen LogP contribution in [0.1, 0.15) is 71.1 Å². The van der Waals surface area contributed by atoms with Crippen molar-refractivity contribution in [2.45, 2.75) is 65.0 Å². The van der Waals surface area contributed by atoms with Crippen molar-refractivity contribution in [3.63, 3.8) is 0 Å². The highest BCUT2D eigenvalue weighted by atomic mass is 16.6. The highest BCUT2D eigenvalue weighted by Crippen LogP contribution is 2.38. The van der Waals surface area contributed by atoms with Gasteiger partial charge in [0.1, 0.15) is 11.6 Å². The third-order valence-electron chi connectivity index (χ3n) is 3.00. The first-order valence-electron chi connectivity index (χ1n) is 7.09. The molecule has 1 atom stereocenters. The molecule has 1 unspecified atom stereocenters. The van der Waals surface area contributed by atoms with Crippen LogP contribution >= 0.6 is 0 Å². The molecule has 112 valence electrons. The number of nitrogens with zero attached hydrogens (tertiary/aromatic N) is 2. The zero-order chi connectivity index (χ0) is 14.9. The Labute approximate surface area is 119 Å². The lowest BCUT2D eigenvalue weighted by molar-refractivity contribution is 0.0476. The predicted molar refractivity (Wildman–Crippen MR) is 73.2 cm³/mol. The lowest BCUT2D eigenvalue weighted by Crippen LogP contribution is -2.37. The molecule has 0 saturated heterocycles. The first kappa shape index (κ1) is 14.8. The molecule has 1 aliphatic carbocycles. The van der Waals surface area contributed by atoms with Gasteiger partial charge >= 0.3 is 6.09 Å². The van der Waals surface area contributed by atoms with Gasteiger partial charge in [0.15, 0.2) is 5.82 Å². The predicted octanol–water partition coefficient (Wildman–Crippen LogP) is 3.17. The number of ether oxygens (including phenoxy) is 1. The normalized spacial score (nSPS) is 17.1. The van der Waals surface area contributed by atoms with E-state index in [4.69, 9.17) is 9.26 Å². The van der Waals surface area contributed by atoms with Gasteiger partial charge < -0.3 is 14.6 Å². The van der Waals surface area contributed by atoms with Gasteiger partial charge in [-0.05, 0) is 39.5 Å². The summed E-state index contributed by atoms with van der Waals surface area (Å²) in [6.45, 7) is 9.46. The first-order chi connectivity index (χ1) is 9.26. The van der Waals surface area contributed by atoms with Gasteiger partial charge in [-0.25, -0.2) is 4.79 Å². The van der Waals surface area contributed by atoms with Crippen LogP contribution in [0.4, 0.5) is 4.79 Å². The van der Waals surface area contributed by atoms with Crippen molar-refractivity contribution in [3.8, 4) is 0 Å². The van der Waals surface area contributed by atoms with Gasteiger partial charge in [-0.1, -0.05) is 19.0 Å². The summed E-state index contributed by atoms with van der Waals surface area (Å²) in [5.74, 6) is 1.77. The molecule has 1 aliphatic rings. The van der Waals surface area contributed by atoms with E-state index >= 15 is 0 Å². The molecule has 1 amide bonds. The fourth-order valence-corrected chi connectivity index (χ4v) is 1.83. The van der Waals surface area contributed by atoms with E-state index in [1.807, 2.05) is 34.6 Å². The highest BCUT2D eigenvalue weighted by molar-refractivity contribution is 5.68. The van der Waals surface area contributed by atoms with Gasteiger partial charge in [0, 0.05) is 5.92 Å². The van der Waals surface area contributed by atoms with Crippen LogP contribution in [0.3, 0.4) is 0 Å². The smallest absolute Gasteiger partial charge is 0.408 e. The van der Waals surface area contributed by atoms with Crippen molar-refractivity contribution < 1.29 is 14.1 Å². The number of carbonyl (C=O) groups excluding carboxylic acids is 1. The van der Waals surface area contributed by atoms with E-state index in [1.54, 1.807) is 0 Å². The third-order valence-corrected chi connectivity index (χ3v) is 3.00. The Bertz CT molecular complexity index is 472. The molecule has 6 heteroatoms. The summed E-state index contributed by atoms with van der Waals surface area (Å²) in [7, 11) is 0.